The lowest BCUT2D eigenvalue weighted by molar-refractivity contribution is -0.141. The summed E-state index contributed by atoms with van der Waals surface area (Å²) in [5, 5.41) is 14.6. The molecule has 2 aromatic rings. The van der Waals surface area contributed by atoms with Gasteiger partial charge in [-0.1, -0.05) is 65.8 Å². The Hall–Kier alpha value is -2.90. The van der Waals surface area contributed by atoms with Gasteiger partial charge < -0.3 is 19.3 Å². The average molecular weight is 428 g/mol. The Morgan fingerprint density at radius 2 is 1.68 bits per heavy atom. The summed E-state index contributed by atoms with van der Waals surface area (Å²) in [7, 11) is 1.33. The molecule has 1 N–H and O–H groups in total. The zero-order valence-electron chi connectivity index (χ0n) is 17.7. The lowest BCUT2D eigenvalue weighted by Gasteiger charge is -2.28. The van der Waals surface area contributed by atoms with E-state index in [0.717, 1.165) is 11.1 Å². The smallest absolute Gasteiger partial charge is 0.305 e. The molecule has 0 saturated heterocycles. The number of carbonyl (C=O) groups excluding carboxylic acids is 1. The van der Waals surface area contributed by atoms with Crippen LogP contribution in [0.2, 0.25) is 0 Å². The van der Waals surface area contributed by atoms with Crippen molar-refractivity contribution < 1.29 is 24.1 Å². The third kappa shape index (κ3) is 9.19. The number of ether oxygens (including phenoxy) is 3. The minimum absolute atomic E-state index is 0.0898. The highest BCUT2D eigenvalue weighted by molar-refractivity contribution is 5.68. The SMILES string of the molecule is COC(=O)CCC[C@@H](O)[C@@H](OCc1ccccc1)[C@H](COCc1ccccc1)N=[N+]=[N-]. The lowest BCUT2D eigenvalue weighted by Crippen LogP contribution is -2.41. The van der Waals surface area contributed by atoms with Gasteiger partial charge in [0.15, 0.2) is 0 Å². The summed E-state index contributed by atoms with van der Waals surface area (Å²) < 4.78 is 16.4. The van der Waals surface area contributed by atoms with Crippen LogP contribution < -0.4 is 0 Å². The number of hydrogen-bond acceptors (Lipinski definition) is 6. The van der Waals surface area contributed by atoms with Gasteiger partial charge in [0.25, 0.3) is 0 Å². The van der Waals surface area contributed by atoms with Gasteiger partial charge in [-0.05, 0) is 29.5 Å². The van der Waals surface area contributed by atoms with Crippen molar-refractivity contribution in [3.8, 4) is 0 Å². The fourth-order valence-electron chi connectivity index (χ4n) is 3.10. The van der Waals surface area contributed by atoms with E-state index in [-0.39, 0.29) is 25.6 Å². The summed E-state index contributed by atoms with van der Waals surface area (Å²) in [4.78, 5) is 14.3. The summed E-state index contributed by atoms with van der Waals surface area (Å²) in [6, 6.07) is 18.4. The maximum absolute atomic E-state index is 11.4. The van der Waals surface area contributed by atoms with E-state index in [9.17, 15) is 9.90 Å². The molecular formula is C23H29N3O5. The summed E-state index contributed by atoms with van der Waals surface area (Å²) in [5.41, 5.74) is 11.0. The van der Waals surface area contributed by atoms with Crippen LogP contribution >= 0.6 is 0 Å². The second kappa shape index (κ2) is 14.2. The van der Waals surface area contributed by atoms with E-state index in [2.05, 4.69) is 14.8 Å². The van der Waals surface area contributed by atoms with Crippen molar-refractivity contribution in [1.82, 2.24) is 0 Å². The van der Waals surface area contributed by atoms with E-state index >= 15 is 0 Å². The number of aliphatic hydroxyl groups is 1. The van der Waals surface area contributed by atoms with Crippen LogP contribution in [0.15, 0.2) is 65.8 Å². The summed E-state index contributed by atoms with van der Waals surface area (Å²) in [6.07, 6.45) is -0.818. The van der Waals surface area contributed by atoms with Crippen LogP contribution in [0.1, 0.15) is 30.4 Å². The zero-order chi connectivity index (χ0) is 22.3. The Bertz CT molecular complexity index is 812. The molecule has 0 fully saturated rings. The number of hydrogen-bond donors (Lipinski definition) is 1. The summed E-state index contributed by atoms with van der Waals surface area (Å²) >= 11 is 0. The highest BCUT2D eigenvalue weighted by atomic mass is 16.5. The van der Waals surface area contributed by atoms with E-state index in [1.54, 1.807) is 0 Å². The number of rotatable bonds is 14. The highest BCUT2D eigenvalue weighted by Crippen LogP contribution is 2.18. The van der Waals surface area contributed by atoms with Crippen molar-refractivity contribution in [3.63, 3.8) is 0 Å². The first-order valence-corrected chi connectivity index (χ1v) is 10.2. The molecule has 0 aliphatic rings. The van der Waals surface area contributed by atoms with Crippen molar-refractivity contribution in [2.75, 3.05) is 13.7 Å². The maximum atomic E-state index is 11.4. The lowest BCUT2D eigenvalue weighted by atomic mass is 10.0. The van der Waals surface area contributed by atoms with E-state index in [1.165, 1.54) is 7.11 Å². The van der Waals surface area contributed by atoms with Gasteiger partial charge in [-0.15, -0.1) is 0 Å². The number of esters is 1. The molecule has 166 valence electrons. The first-order valence-electron chi connectivity index (χ1n) is 10.2. The second-order valence-electron chi connectivity index (χ2n) is 7.07. The van der Waals surface area contributed by atoms with Crippen molar-refractivity contribution >= 4 is 5.97 Å². The predicted molar refractivity (Wildman–Crippen MR) is 116 cm³/mol. The number of nitrogens with zero attached hydrogens (tertiary/aromatic N) is 3. The first-order chi connectivity index (χ1) is 15.1. The molecule has 2 rings (SSSR count). The van der Waals surface area contributed by atoms with Crippen LogP contribution in [-0.4, -0.2) is 43.0 Å². The molecule has 3 atom stereocenters. The number of benzene rings is 2. The quantitative estimate of drug-likeness (QED) is 0.210. The second-order valence-corrected chi connectivity index (χ2v) is 7.07. The van der Waals surface area contributed by atoms with Gasteiger partial charge in [-0.3, -0.25) is 4.79 Å². The molecule has 8 heteroatoms. The molecule has 0 saturated carbocycles. The van der Waals surface area contributed by atoms with Crippen LogP contribution in [0, 0.1) is 0 Å². The van der Waals surface area contributed by atoms with Gasteiger partial charge in [0.2, 0.25) is 0 Å². The minimum Gasteiger partial charge on any atom is -0.469 e. The van der Waals surface area contributed by atoms with Gasteiger partial charge in [0.1, 0.15) is 0 Å². The largest absolute Gasteiger partial charge is 0.469 e. The molecule has 31 heavy (non-hydrogen) atoms. The van der Waals surface area contributed by atoms with Gasteiger partial charge in [0.05, 0.1) is 45.2 Å². The van der Waals surface area contributed by atoms with Crippen molar-refractivity contribution in [2.45, 2.75) is 50.7 Å². The average Bonchev–Trinajstić information content (AvgIpc) is 2.80. The number of azide groups is 1. The van der Waals surface area contributed by atoms with Crippen molar-refractivity contribution in [1.29, 1.82) is 0 Å². The normalized spacial score (nSPS) is 13.6. The molecular weight excluding hydrogens is 398 g/mol. The van der Waals surface area contributed by atoms with Gasteiger partial charge in [-0.2, -0.15) is 0 Å². The third-order valence-corrected chi connectivity index (χ3v) is 4.75. The molecule has 2 aromatic carbocycles. The molecule has 0 spiro atoms. The Kier molecular flexibility index (Phi) is 11.1. The standard InChI is InChI=1S/C23H29N3O5/c1-29-22(28)14-8-13-21(27)23(31-16-19-11-6-3-7-12-19)20(25-26-24)17-30-15-18-9-4-2-5-10-18/h2-7,9-12,20-21,23,27H,8,13-17H2,1H3/t20-,21+,23-/m0/s1. The minimum atomic E-state index is -0.941. The van der Waals surface area contributed by atoms with Gasteiger partial charge in [0, 0.05) is 11.3 Å². The fourth-order valence-corrected chi connectivity index (χ4v) is 3.10. The fraction of sp³-hybridized carbons (Fsp3) is 0.435. The van der Waals surface area contributed by atoms with Crippen LogP contribution in [-0.2, 0) is 32.2 Å². The van der Waals surface area contributed by atoms with Crippen LogP contribution in [0.25, 0.3) is 10.4 Å². The monoisotopic (exact) mass is 427 g/mol. The maximum Gasteiger partial charge on any atom is 0.305 e. The Labute approximate surface area is 182 Å². The third-order valence-electron chi connectivity index (χ3n) is 4.75. The zero-order valence-corrected chi connectivity index (χ0v) is 17.7. The topological polar surface area (TPSA) is 114 Å². The Morgan fingerprint density at radius 1 is 1.06 bits per heavy atom. The molecule has 0 aliphatic carbocycles. The molecule has 0 aliphatic heterocycles. The molecule has 0 heterocycles. The van der Waals surface area contributed by atoms with E-state index in [4.69, 9.17) is 15.0 Å². The number of aliphatic hydroxyl groups excluding tert-OH is 1. The molecule has 0 unspecified atom stereocenters. The van der Waals surface area contributed by atoms with Crippen LogP contribution in [0.4, 0.5) is 0 Å². The molecule has 0 radical (unpaired) electrons. The molecule has 0 amide bonds. The van der Waals surface area contributed by atoms with Crippen LogP contribution in [0.5, 0.6) is 0 Å². The van der Waals surface area contributed by atoms with Crippen molar-refractivity contribution in [3.05, 3.63) is 82.2 Å². The highest BCUT2D eigenvalue weighted by Gasteiger charge is 2.29. The molecule has 0 bridgehead atoms. The van der Waals surface area contributed by atoms with Gasteiger partial charge in [-0.25, -0.2) is 0 Å². The Morgan fingerprint density at radius 3 is 2.26 bits per heavy atom. The predicted octanol–water partition coefficient (Wildman–Crippen LogP) is 4.17. The van der Waals surface area contributed by atoms with E-state index < -0.39 is 18.2 Å². The number of methoxy groups -OCH3 is 1. The number of carbonyl (C=O) groups is 1. The molecule has 0 aromatic heterocycles. The van der Waals surface area contributed by atoms with Crippen molar-refractivity contribution in [2.24, 2.45) is 5.11 Å². The van der Waals surface area contributed by atoms with E-state index in [1.807, 2.05) is 60.7 Å². The first kappa shape index (κ1) is 24.4. The molecule has 8 nitrogen and oxygen atoms in total. The van der Waals surface area contributed by atoms with E-state index in [0.29, 0.717) is 19.4 Å². The van der Waals surface area contributed by atoms with Crippen LogP contribution in [0.3, 0.4) is 0 Å². The van der Waals surface area contributed by atoms with Gasteiger partial charge >= 0.3 is 5.97 Å². The Balaban J connectivity index is 2.03. The summed E-state index contributed by atoms with van der Waals surface area (Å²) in [5.74, 6) is -0.341. The summed E-state index contributed by atoms with van der Waals surface area (Å²) in [6.45, 7) is 0.685.